The minimum absolute atomic E-state index is 0.415. The molecule has 0 spiro atoms. The van der Waals surface area contributed by atoms with Crippen molar-refractivity contribution in [3.8, 4) is 6.19 Å². The maximum absolute atomic E-state index is 9.13. The summed E-state index contributed by atoms with van der Waals surface area (Å²) in [5.41, 5.74) is 4.10. The molecule has 4 aliphatic rings. The number of guanidine groups is 1. The third-order valence-electron chi connectivity index (χ3n) is 7.01. The van der Waals surface area contributed by atoms with Gasteiger partial charge in [0.05, 0.1) is 0 Å². The Morgan fingerprint density at radius 2 is 2.04 bits per heavy atom. The molecule has 4 nitrogen and oxygen atoms in total. The van der Waals surface area contributed by atoms with Crippen molar-refractivity contribution in [2.75, 3.05) is 11.9 Å². The molecular formula is C22H30N4. The van der Waals surface area contributed by atoms with E-state index in [4.69, 9.17) is 10.3 Å². The fourth-order valence-electron chi connectivity index (χ4n) is 6.08. The van der Waals surface area contributed by atoms with Crippen molar-refractivity contribution >= 4 is 11.6 Å². The lowest BCUT2D eigenvalue weighted by Gasteiger charge is -2.31. The van der Waals surface area contributed by atoms with Gasteiger partial charge in [-0.1, -0.05) is 19.4 Å². The van der Waals surface area contributed by atoms with Crippen LogP contribution in [0.5, 0.6) is 0 Å². The third kappa shape index (κ3) is 3.20. The molecule has 0 amide bonds. The highest BCUT2D eigenvalue weighted by molar-refractivity contribution is 5.94. The van der Waals surface area contributed by atoms with Crippen LogP contribution in [0.1, 0.15) is 56.6 Å². The molecule has 5 rings (SSSR count). The predicted octanol–water partition coefficient (Wildman–Crippen LogP) is 4.61. The molecule has 4 saturated carbocycles. The van der Waals surface area contributed by atoms with Crippen LogP contribution in [-0.4, -0.2) is 12.5 Å². The van der Waals surface area contributed by atoms with Crippen molar-refractivity contribution in [2.24, 2.45) is 28.2 Å². The Hall–Kier alpha value is -2.02. The molecule has 4 bridgehead atoms. The monoisotopic (exact) mass is 350 g/mol. The number of nitriles is 1. The first-order valence-electron chi connectivity index (χ1n) is 10.2. The Bertz CT molecular complexity index is 731. The standard InChI is InChI=1S/C22H30N4/c1-3-4-18-5-6-20(7-15(18)2)26-21(25-14-23)24-13-22-11-16-8-17(12-22)10-19(22)9-16/h5-7,16-17,19H,3-4,8-13H2,1-2H3,(H2,24,25,26). The van der Waals surface area contributed by atoms with Gasteiger partial charge in [-0.15, -0.1) is 0 Å². The van der Waals surface area contributed by atoms with Crippen molar-refractivity contribution in [1.82, 2.24) is 5.32 Å². The molecule has 0 aliphatic heterocycles. The highest BCUT2D eigenvalue weighted by Gasteiger charge is 2.57. The summed E-state index contributed by atoms with van der Waals surface area (Å²) in [7, 11) is 0. The minimum Gasteiger partial charge on any atom is -0.326 e. The van der Waals surface area contributed by atoms with Gasteiger partial charge in [0.15, 0.2) is 6.19 Å². The number of nitrogens with zero attached hydrogens (tertiary/aromatic N) is 2. The van der Waals surface area contributed by atoms with E-state index in [1.807, 2.05) is 6.19 Å². The lowest BCUT2D eigenvalue weighted by Crippen LogP contribution is -2.31. The van der Waals surface area contributed by atoms with E-state index in [1.165, 1.54) is 43.2 Å². The molecule has 2 unspecified atom stereocenters. The summed E-state index contributed by atoms with van der Waals surface area (Å²) in [5, 5.41) is 15.2. The van der Waals surface area contributed by atoms with Crippen LogP contribution in [0.15, 0.2) is 23.2 Å². The fraction of sp³-hybridized carbons (Fsp3) is 0.636. The summed E-state index contributed by atoms with van der Waals surface area (Å²) >= 11 is 0. The second-order valence-electron chi connectivity index (χ2n) is 8.82. The van der Waals surface area contributed by atoms with E-state index in [0.29, 0.717) is 11.4 Å². The number of benzene rings is 1. The van der Waals surface area contributed by atoms with E-state index < -0.39 is 0 Å². The van der Waals surface area contributed by atoms with Crippen molar-refractivity contribution in [1.29, 1.82) is 5.26 Å². The molecule has 0 aromatic heterocycles. The van der Waals surface area contributed by atoms with Crippen LogP contribution in [0.25, 0.3) is 0 Å². The molecule has 0 saturated heterocycles. The summed E-state index contributed by atoms with van der Waals surface area (Å²) in [6.45, 7) is 5.21. The lowest BCUT2D eigenvalue weighted by atomic mass is 9.75. The minimum atomic E-state index is 0.415. The van der Waals surface area contributed by atoms with Crippen LogP contribution in [0, 0.1) is 41.5 Å². The lowest BCUT2D eigenvalue weighted by molar-refractivity contribution is 0.210. The molecule has 2 N–H and O–H groups in total. The first-order valence-corrected chi connectivity index (χ1v) is 10.2. The Labute approximate surface area is 157 Å². The van der Waals surface area contributed by atoms with Crippen LogP contribution in [-0.2, 0) is 6.42 Å². The van der Waals surface area contributed by atoms with Crippen LogP contribution in [0.4, 0.5) is 5.69 Å². The average Bonchev–Trinajstić information content (AvgIpc) is 3.00. The van der Waals surface area contributed by atoms with Gasteiger partial charge in [-0.3, -0.25) is 10.3 Å². The molecule has 4 aliphatic carbocycles. The maximum Gasteiger partial charge on any atom is 0.209 e. The zero-order chi connectivity index (χ0) is 18.1. The SMILES string of the molecule is CCCc1ccc(NC(=NCC23CC4CC(CC2C4)C3)NC#N)cc1C. The number of hydrogen-bond donors (Lipinski definition) is 2. The number of nitrogens with one attached hydrogen (secondary N) is 2. The Morgan fingerprint density at radius 3 is 2.69 bits per heavy atom. The average molecular weight is 351 g/mol. The predicted molar refractivity (Wildman–Crippen MR) is 106 cm³/mol. The summed E-state index contributed by atoms with van der Waals surface area (Å²) in [4.78, 5) is 4.84. The van der Waals surface area contributed by atoms with Crippen LogP contribution < -0.4 is 10.6 Å². The quantitative estimate of drug-likeness (QED) is 0.353. The zero-order valence-corrected chi connectivity index (χ0v) is 16.0. The number of anilines is 1. The van der Waals surface area contributed by atoms with E-state index >= 15 is 0 Å². The normalized spacial score (nSPS) is 31.9. The third-order valence-corrected chi connectivity index (χ3v) is 7.01. The molecule has 4 fully saturated rings. The molecule has 1 aromatic carbocycles. The second-order valence-corrected chi connectivity index (χ2v) is 8.82. The van der Waals surface area contributed by atoms with Gasteiger partial charge in [-0.25, -0.2) is 0 Å². The van der Waals surface area contributed by atoms with E-state index in [1.54, 1.807) is 0 Å². The van der Waals surface area contributed by atoms with Gasteiger partial charge in [0.25, 0.3) is 0 Å². The summed E-state index contributed by atoms with van der Waals surface area (Å²) in [6, 6.07) is 6.43. The van der Waals surface area contributed by atoms with Crippen molar-refractivity contribution in [3.63, 3.8) is 0 Å². The number of rotatable bonds is 5. The summed E-state index contributed by atoms with van der Waals surface area (Å²) < 4.78 is 0. The largest absolute Gasteiger partial charge is 0.326 e. The molecule has 2 atom stereocenters. The number of aliphatic imine (C=N–C) groups is 1. The van der Waals surface area contributed by atoms with Crippen molar-refractivity contribution in [3.05, 3.63) is 29.3 Å². The molecule has 0 heterocycles. The Morgan fingerprint density at radius 1 is 1.27 bits per heavy atom. The number of hydrogen-bond acceptors (Lipinski definition) is 2. The van der Waals surface area contributed by atoms with Gasteiger partial charge in [-0.2, -0.15) is 5.26 Å². The fourth-order valence-corrected chi connectivity index (χ4v) is 6.08. The molecule has 0 radical (unpaired) electrons. The van der Waals surface area contributed by atoms with E-state index in [2.05, 4.69) is 42.7 Å². The summed E-state index contributed by atoms with van der Waals surface area (Å²) in [6.07, 6.45) is 11.3. The molecule has 4 heteroatoms. The van der Waals surface area contributed by atoms with Crippen molar-refractivity contribution in [2.45, 2.75) is 58.8 Å². The van der Waals surface area contributed by atoms with Gasteiger partial charge >= 0.3 is 0 Å². The smallest absolute Gasteiger partial charge is 0.209 e. The zero-order valence-electron chi connectivity index (χ0n) is 16.0. The first-order chi connectivity index (χ1) is 12.6. The van der Waals surface area contributed by atoms with E-state index in [-0.39, 0.29) is 0 Å². The molecule has 138 valence electrons. The maximum atomic E-state index is 9.13. The van der Waals surface area contributed by atoms with Gasteiger partial charge in [0, 0.05) is 12.2 Å². The second kappa shape index (κ2) is 6.95. The molecule has 1 aromatic rings. The Kier molecular flexibility index (Phi) is 4.65. The van der Waals surface area contributed by atoms with Gasteiger partial charge < -0.3 is 5.32 Å². The summed E-state index contributed by atoms with van der Waals surface area (Å²) in [5.74, 6) is 3.35. The van der Waals surface area contributed by atoms with E-state index in [0.717, 1.165) is 42.8 Å². The molecule has 26 heavy (non-hydrogen) atoms. The van der Waals surface area contributed by atoms with Crippen molar-refractivity contribution < 1.29 is 0 Å². The van der Waals surface area contributed by atoms with Gasteiger partial charge in [0.1, 0.15) is 0 Å². The van der Waals surface area contributed by atoms with Gasteiger partial charge in [0.2, 0.25) is 5.96 Å². The van der Waals surface area contributed by atoms with Crippen LogP contribution in [0.2, 0.25) is 0 Å². The van der Waals surface area contributed by atoms with Crippen LogP contribution >= 0.6 is 0 Å². The molecular weight excluding hydrogens is 320 g/mol. The first kappa shape index (κ1) is 17.4. The highest BCUT2D eigenvalue weighted by atomic mass is 15.2. The highest BCUT2D eigenvalue weighted by Crippen LogP contribution is 2.65. The van der Waals surface area contributed by atoms with Crippen LogP contribution in [0.3, 0.4) is 0 Å². The Balaban J connectivity index is 1.47. The number of aryl methyl sites for hydroxylation is 2. The topological polar surface area (TPSA) is 60.2 Å². The van der Waals surface area contributed by atoms with Gasteiger partial charge in [-0.05, 0) is 91.9 Å². The van der Waals surface area contributed by atoms with E-state index in [9.17, 15) is 0 Å².